The lowest BCUT2D eigenvalue weighted by Gasteiger charge is -2.27. The number of hydrogen-bond donors (Lipinski definition) is 2. The number of rotatable bonds is 4. The zero-order chi connectivity index (χ0) is 17.2. The maximum Gasteiger partial charge on any atom is 0.407 e. The number of thiazole rings is 1. The van der Waals surface area contributed by atoms with Gasteiger partial charge in [0, 0.05) is 23.0 Å². The molecular weight excluding hydrogens is 310 g/mol. The van der Waals surface area contributed by atoms with Crippen molar-refractivity contribution >= 4 is 17.4 Å². The molecule has 0 bridgehead atoms. The zero-order valence-corrected chi connectivity index (χ0v) is 15.8. The van der Waals surface area contributed by atoms with Crippen LogP contribution in [0.15, 0.2) is 0 Å². The van der Waals surface area contributed by atoms with E-state index in [1.165, 1.54) is 4.88 Å². The quantitative estimate of drug-likeness (QED) is 0.874. The molecule has 5 nitrogen and oxygen atoms in total. The number of carbonyl (C=O) groups excluding carboxylic acids is 1. The fourth-order valence-electron chi connectivity index (χ4n) is 3.14. The van der Waals surface area contributed by atoms with Crippen LogP contribution in [0.5, 0.6) is 0 Å². The summed E-state index contributed by atoms with van der Waals surface area (Å²) in [5.41, 5.74) is 0.637. The van der Waals surface area contributed by atoms with Gasteiger partial charge in [-0.05, 0) is 60.8 Å². The van der Waals surface area contributed by atoms with Gasteiger partial charge in [-0.1, -0.05) is 0 Å². The van der Waals surface area contributed by atoms with Crippen molar-refractivity contribution < 1.29 is 9.53 Å². The summed E-state index contributed by atoms with van der Waals surface area (Å²) < 4.78 is 5.37. The van der Waals surface area contributed by atoms with Crippen molar-refractivity contribution in [1.82, 2.24) is 15.6 Å². The minimum Gasteiger partial charge on any atom is -0.444 e. The van der Waals surface area contributed by atoms with E-state index in [-0.39, 0.29) is 24.2 Å². The summed E-state index contributed by atoms with van der Waals surface area (Å²) in [6.45, 7) is 11.9. The van der Waals surface area contributed by atoms with E-state index >= 15 is 0 Å². The van der Waals surface area contributed by atoms with E-state index in [0.29, 0.717) is 0 Å². The first-order valence-corrected chi connectivity index (χ1v) is 9.17. The van der Waals surface area contributed by atoms with Gasteiger partial charge < -0.3 is 15.4 Å². The Morgan fingerprint density at radius 3 is 2.52 bits per heavy atom. The molecule has 1 aliphatic carbocycles. The molecule has 3 unspecified atom stereocenters. The highest BCUT2D eigenvalue weighted by Gasteiger charge is 2.31. The molecule has 0 aliphatic heterocycles. The average molecular weight is 340 g/mol. The first-order valence-electron chi connectivity index (χ1n) is 8.35. The summed E-state index contributed by atoms with van der Waals surface area (Å²) >= 11 is 1.74. The Balaban J connectivity index is 1.94. The van der Waals surface area contributed by atoms with E-state index in [1.807, 2.05) is 27.7 Å². The van der Waals surface area contributed by atoms with Gasteiger partial charge in [-0.3, -0.25) is 0 Å². The lowest BCUT2D eigenvalue weighted by molar-refractivity contribution is 0.0497. The van der Waals surface area contributed by atoms with Gasteiger partial charge >= 0.3 is 6.09 Å². The van der Waals surface area contributed by atoms with Crippen LogP contribution >= 0.6 is 11.3 Å². The van der Waals surface area contributed by atoms with Crippen molar-refractivity contribution in [3.05, 3.63) is 15.6 Å². The molecule has 1 amide bonds. The Bertz CT molecular complexity index is 551. The summed E-state index contributed by atoms with van der Waals surface area (Å²) in [7, 11) is 0. The van der Waals surface area contributed by atoms with Crippen LogP contribution in [0, 0.1) is 13.8 Å². The van der Waals surface area contributed by atoms with Crippen molar-refractivity contribution in [2.45, 2.75) is 84.5 Å². The third-order valence-electron chi connectivity index (χ3n) is 4.01. The Kier molecular flexibility index (Phi) is 5.68. The fraction of sp³-hybridized carbons (Fsp3) is 0.765. The molecule has 2 N–H and O–H groups in total. The van der Waals surface area contributed by atoms with Gasteiger partial charge in [0.15, 0.2) is 0 Å². The van der Waals surface area contributed by atoms with Crippen LogP contribution in [0.1, 0.15) is 68.6 Å². The van der Waals surface area contributed by atoms with Gasteiger partial charge in [0.1, 0.15) is 5.60 Å². The third-order valence-corrected chi connectivity index (χ3v) is 5.27. The van der Waals surface area contributed by atoms with Gasteiger partial charge in [-0.25, -0.2) is 9.78 Å². The Morgan fingerprint density at radius 2 is 1.96 bits per heavy atom. The molecule has 0 radical (unpaired) electrons. The molecule has 6 heteroatoms. The van der Waals surface area contributed by atoms with E-state index in [9.17, 15) is 4.79 Å². The molecule has 0 spiro atoms. The zero-order valence-electron chi connectivity index (χ0n) is 15.0. The van der Waals surface area contributed by atoms with Crippen molar-refractivity contribution in [3.8, 4) is 0 Å². The normalized spacial score (nSPS) is 22.9. The number of carbonyl (C=O) groups is 1. The number of aromatic nitrogens is 1. The molecule has 1 aromatic rings. The molecule has 1 saturated carbocycles. The smallest absolute Gasteiger partial charge is 0.407 e. The molecule has 0 saturated heterocycles. The maximum atomic E-state index is 12.0. The van der Waals surface area contributed by atoms with Crippen LogP contribution in [0.25, 0.3) is 0 Å². The molecule has 130 valence electrons. The Hall–Kier alpha value is -1.14. The average Bonchev–Trinajstić information content (AvgIpc) is 2.94. The van der Waals surface area contributed by atoms with Crippen LogP contribution in [0.4, 0.5) is 4.79 Å². The predicted octanol–water partition coefficient (Wildman–Crippen LogP) is 3.86. The number of alkyl carbamates (subject to hydrolysis) is 1. The summed E-state index contributed by atoms with van der Waals surface area (Å²) in [6, 6.07) is 0.646. The monoisotopic (exact) mass is 339 g/mol. The molecule has 3 atom stereocenters. The highest BCUT2D eigenvalue weighted by molar-refractivity contribution is 7.11. The minimum absolute atomic E-state index is 0.127. The van der Waals surface area contributed by atoms with Crippen molar-refractivity contribution in [2.24, 2.45) is 0 Å². The minimum atomic E-state index is -0.462. The predicted molar refractivity (Wildman–Crippen MR) is 93.9 cm³/mol. The van der Waals surface area contributed by atoms with E-state index in [2.05, 4.69) is 29.5 Å². The molecule has 1 fully saturated rings. The van der Waals surface area contributed by atoms with E-state index in [1.54, 1.807) is 11.3 Å². The Morgan fingerprint density at radius 1 is 1.30 bits per heavy atom. The summed E-state index contributed by atoms with van der Waals surface area (Å²) in [5.74, 6) is 0. The number of nitrogens with zero attached hydrogens (tertiary/aromatic N) is 1. The Labute approximate surface area is 143 Å². The van der Waals surface area contributed by atoms with Gasteiger partial charge in [0.05, 0.1) is 10.7 Å². The SMILES string of the molecule is Cc1nc(C)c(C(C)NC2CCCC2NC(=O)OC(C)(C)C)s1. The summed E-state index contributed by atoms with van der Waals surface area (Å²) in [4.78, 5) is 17.8. The molecule has 1 aliphatic rings. The van der Waals surface area contributed by atoms with Crippen LogP contribution in [-0.4, -0.2) is 28.8 Å². The number of nitrogens with one attached hydrogen (secondary N) is 2. The van der Waals surface area contributed by atoms with Gasteiger partial charge in [-0.15, -0.1) is 11.3 Å². The van der Waals surface area contributed by atoms with E-state index in [0.717, 1.165) is 30.0 Å². The lowest BCUT2D eigenvalue weighted by Crippen LogP contribution is -2.48. The molecule has 2 rings (SSSR count). The third kappa shape index (κ3) is 5.18. The standard InChI is InChI=1S/C17H29N3O2S/c1-10-15(23-12(3)18-10)11(2)19-13-8-7-9-14(13)20-16(21)22-17(4,5)6/h11,13-14,19H,7-9H2,1-6H3,(H,20,21). The fourth-order valence-corrected chi connectivity index (χ4v) is 4.08. The van der Waals surface area contributed by atoms with Crippen LogP contribution < -0.4 is 10.6 Å². The van der Waals surface area contributed by atoms with Crippen LogP contribution in [0.2, 0.25) is 0 Å². The first-order chi connectivity index (χ1) is 10.7. The molecule has 23 heavy (non-hydrogen) atoms. The lowest BCUT2D eigenvalue weighted by atomic mass is 10.1. The molecule has 1 aromatic heterocycles. The van der Waals surface area contributed by atoms with Crippen molar-refractivity contribution in [3.63, 3.8) is 0 Å². The second kappa shape index (κ2) is 7.18. The number of ether oxygens (including phenoxy) is 1. The first kappa shape index (κ1) is 18.2. The molecule has 1 heterocycles. The molecule has 0 aromatic carbocycles. The van der Waals surface area contributed by atoms with E-state index in [4.69, 9.17) is 4.74 Å². The summed E-state index contributed by atoms with van der Waals surface area (Å²) in [6.07, 6.45) is 2.85. The number of aryl methyl sites for hydroxylation is 2. The van der Waals surface area contributed by atoms with Gasteiger partial charge in [0.25, 0.3) is 0 Å². The maximum absolute atomic E-state index is 12.0. The topological polar surface area (TPSA) is 63.2 Å². The van der Waals surface area contributed by atoms with Gasteiger partial charge in [-0.2, -0.15) is 0 Å². The number of hydrogen-bond acceptors (Lipinski definition) is 5. The second-order valence-electron chi connectivity index (χ2n) is 7.36. The summed E-state index contributed by atoms with van der Waals surface area (Å²) in [5, 5.41) is 7.79. The van der Waals surface area contributed by atoms with Crippen LogP contribution in [-0.2, 0) is 4.74 Å². The van der Waals surface area contributed by atoms with Crippen LogP contribution in [0.3, 0.4) is 0 Å². The van der Waals surface area contributed by atoms with Crippen molar-refractivity contribution in [1.29, 1.82) is 0 Å². The van der Waals surface area contributed by atoms with Gasteiger partial charge in [0.2, 0.25) is 0 Å². The molecular formula is C17H29N3O2S. The highest BCUT2D eigenvalue weighted by atomic mass is 32.1. The number of amides is 1. The highest BCUT2D eigenvalue weighted by Crippen LogP contribution is 2.28. The van der Waals surface area contributed by atoms with Crippen molar-refractivity contribution in [2.75, 3.05) is 0 Å². The van der Waals surface area contributed by atoms with E-state index < -0.39 is 5.60 Å². The second-order valence-corrected chi connectivity index (χ2v) is 8.60. The largest absolute Gasteiger partial charge is 0.444 e.